The number of aromatic nitrogens is 1. The van der Waals surface area contributed by atoms with Crippen LogP contribution in [0.5, 0.6) is 5.75 Å². The first kappa shape index (κ1) is 20.0. The monoisotopic (exact) mass is 414 g/mol. The Morgan fingerprint density at radius 3 is 2.63 bits per heavy atom. The number of benzene rings is 2. The fourth-order valence-corrected chi connectivity index (χ4v) is 4.08. The molecule has 1 aliphatic heterocycles. The van der Waals surface area contributed by atoms with Gasteiger partial charge in [0, 0.05) is 25.8 Å². The number of carbonyl (C=O) groups is 1. The molecule has 0 aliphatic carbocycles. The zero-order chi connectivity index (χ0) is 21.6. The molecule has 8 heteroatoms. The molecule has 0 saturated heterocycles. The van der Waals surface area contributed by atoms with E-state index in [-0.39, 0.29) is 28.8 Å². The van der Waals surface area contributed by atoms with E-state index >= 15 is 4.39 Å². The molecule has 30 heavy (non-hydrogen) atoms. The molecule has 1 N–H and O–H groups in total. The highest BCUT2D eigenvalue weighted by atomic mass is 19.1. The maximum atomic E-state index is 15.3. The zero-order valence-electron chi connectivity index (χ0n) is 16.5. The van der Waals surface area contributed by atoms with Gasteiger partial charge in [0.2, 0.25) is 12.3 Å². The highest BCUT2D eigenvalue weighted by molar-refractivity contribution is 5.97. The number of hydrogen-bond donors (Lipinski definition) is 1. The van der Waals surface area contributed by atoms with Crippen LogP contribution in [0.3, 0.4) is 0 Å². The van der Waals surface area contributed by atoms with E-state index in [2.05, 4.69) is 4.90 Å². The Morgan fingerprint density at radius 2 is 1.97 bits per heavy atom. The number of halogens is 2. The first-order valence-corrected chi connectivity index (χ1v) is 9.48. The average Bonchev–Trinajstić information content (AvgIpc) is 3.07. The minimum Gasteiger partial charge on any atom is -0.477 e. The van der Waals surface area contributed by atoms with Crippen molar-refractivity contribution in [2.24, 2.45) is 0 Å². The maximum absolute atomic E-state index is 15.3. The Balaban J connectivity index is 2.07. The summed E-state index contributed by atoms with van der Waals surface area (Å²) in [6.07, 6.45) is 1.18. The van der Waals surface area contributed by atoms with Gasteiger partial charge >= 0.3 is 5.97 Å². The first-order chi connectivity index (χ1) is 14.3. The summed E-state index contributed by atoms with van der Waals surface area (Å²) >= 11 is 0. The third-order valence-corrected chi connectivity index (χ3v) is 5.41. The summed E-state index contributed by atoms with van der Waals surface area (Å²) in [7, 11) is 1.98. The topological polar surface area (TPSA) is 71.8 Å². The average molecular weight is 414 g/mol. The van der Waals surface area contributed by atoms with E-state index in [0.29, 0.717) is 12.1 Å². The fourth-order valence-electron chi connectivity index (χ4n) is 4.08. The predicted octanol–water partition coefficient (Wildman–Crippen LogP) is 3.78. The molecular weight excluding hydrogens is 394 g/mol. The van der Waals surface area contributed by atoms with E-state index in [4.69, 9.17) is 4.74 Å². The van der Waals surface area contributed by atoms with Gasteiger partial charge in [-0.05, 0) is 42.8 Å². The molecule has 0 bridgehead atoms. The van der Waals surface area contributed by atoms with Crippen LogP contribution in [0.1, 0.15) is 28.4 Å². The lowest BCUT2D eigenvalue weighted by Gasteiger charge is -2.18. The number of carboxylic acids is 1. The molecule has 0 radical (unpaired) electrons. The van der Waals surface area contributed by atoms with Crippen LogP contribution in [0.4, 0.5) is 8.78 Å². The van der Waals surface area contributed by atoms with Crippen molar-refractivity contribution in [3.63, 3.8) is 0 Å². The normalized spacial score (nSPS) is 13.6. The summed E-state index contributed by atoms with van der Waals surface area (Å²) in [5.41, 5.74) is 1.56. The Morgan fingerprint density at radius 1 is 1.23 bits per heavy atom. The van der Waals surface area contributed by atoms with Crippen LogP contribution in [-0.4, -0.2) is 34.5 Å². The molecule has 156 valence electrons. The number of rotatable bonds is 5. The van der Waals surface area contributed by atoms with Crippen LogP contribution >= 0.6 is 0 Å². The van der Waals surface area contributed by atoms with Crippen molar-refractivity contribution in [1.82, 2.24) is 9.47 Å². The van der Waals surface area contributed by atoms with Gasteiger partial charge in [-0.2, -0.15) is 0 Å². The number of nitrogens with zero attached hydrogens (tertiary/aromatic N) is 2. The lowest BCUT2D eigenvalue weighted by atomic mass is 9.97. The lowest BCUT2D eigenvalue weighted by molar-refractivity contribution is 0.0694. The van der Waals surface area contributed by atoms with E-state index < -0.39 is 29.6 Å². The molecule has 0 unspecified atom stereocenters. The second-order valence-electron chi connectivity index (χ2n) is 7.33. The second-order valence-corrected chi connectivity index (χ2v) is 7.33. The lowest BCUT2D eigenvalue weighted by Crippen LogP contribution is -2.19. The van der Waals surface area contributed by atoms with Crippen molar-refractivity contribution in [3.05, 3.63) is 63.2 Å². The molecule has 6 nitrogen and oxygen atoms in total. The number of carboxylic acid groups (broad SMARTS) is 1. The van der Waals surface area contributed by atoms with E-state index in [9.17, 15) is 19.1 Å². The number of aromatic carboxylic acids is 1. The number of ether oxygens (including phenoxy) is 1. The van der Waals surface area contributed by atoms with Gasteiger partial charge < -0.3 is 14.4 Å². The van der Waals surface area contributed by atoms with Gasteiger partial charge in [0.15, 0.2) is 5.75 Å². The molecule has 0 atom stereocenters. The van der Waals surface area contributed by atoms with E-state index in [1.54, 1.807) is 13.0 Å². The number of aryl methyl sites for hydroxylation is 1. The SMILES string of the molecule is CCn1cc(C(=O)O)c(=O)c2cc(F)c(-c3ccc4c(c3)CN(C)C4)c(OCF)c21. The quantitative estimate of drug-likeness (QED) is 0.688. The Bertz CT molecular complexity index is 1240. The minimum absolute atomic E-state index is 0.0437. The Labute approximate surface area is 170 Å². The van der Waals surface area contributed by atoms with Crippen LogP contribution in [-0.2, 0) is 19.6 Å². The van der Waals surface area contributed by atoms with Crippen LogP contribution in [0.15, 0.2) is 35.3 Å². The molecule has 4 rings (SSSR count). The standard InChI is InChI=1S/C22H20F2N2O4/c1-3-26-10-16(22(28)29)20(27)15-7-17(24)18(21(19(15)26)30-11-23)12-4-5-13-8-25(2)9-14(13)6-12/h4-7,10H,3,8-9,11H2,1-2H3,(H,28,29). The van der Waals surface area contributed by atoms with Crippen molar-refractivity contribution in [3.8, 4) is 16.9 Å². The van der Waals surface area contributed by atoms with Crippen LogP contribution in [0, 0.1) is 5.82 Å². The number of pyridine rings is 1. The third kappa shape index (κ3) is 3.13. The zero-order valence-corrected chi connectivity index (χ0v) is 16.5. The summed E-state index contributed by atoms with van der Waals surface area (Å²) in [5.74, 6) is -2.31. The molecule has 2 aromatic carbocycles. The Kier molecular flexibility index (Phi) is 5.03. The molecule has 0 amide bonds. The fraction of sp³-hybridized carbons (Fsp3) is 0.273. The molecule has 0 spiro atoms. The molecule has 0 fully saturated rings. The largest absolute Gasteiger partial charge is 0.477 e. The molecule has 0 saturated carbocycles. The van der Waals surface area contributed by atoms with Gasteiger partial charge in [-0.15, -0.1) is 0 Å². The van der Waals surface area contributed by atoms with Crippen LogP contribution < -0.4 is 10.2 Å². The van der Waals surface area contributed by atoms with E-state index in [1.807, 2.05) is 19.2 Å². The van der Waals surface area contributed by atoms with E-state index in [1.165, 1.54) is 10.8 Å². The third-order valence-electron chi connectivity index (χ3n) is 5.41. The number of hydrogen-bond acceptors (Lipinski definition) is 4. The molecule has 1 aliphatic rings. The minimum atomic E-state index is -1.41. The predicted molar refractivity (Wildman–Crippen MR) is 108 cm³/mol. The summed E-state index contributed by atoms with van der Waals surface area (Å²) in [4.78, 5) is 26.2. The van der Waals surface area contributed by atoms with Gasteiger partial charge in [-0.3, -0.25) is 9.69 Å². The van der Waals surface area contributed by atoms with Gasteiger partial charge in [-0.1, -0.05) is 12.1 Å². The molecular formula is C22H20F2N2O4. The summed E-state index contributed by atoms with van der Waals surface area (Å²) in [6.45, 7) is 2.29. The highest BCUT2D eigenvalue weighted by Crippen LogP contribution is 2.40. The maximum Gasteiger partial charge on any atom is 0.341 e. The number of alkyl halides is 1. The Hall–Kier alpha value is -3.26. The second kappa shape index (κ2) is 7.53. The van der Waals surface area contributed by atoms with Crippen molar-refractivity contribution >= 4 is 16.9 Å². The van der Waals surface area contributed by atoms with Crippen molar-refractivity contribution in [1.29, 1.82) is 0 Å². The molecule has 3 aromatic rings. The van der Waals surface area contributed by atoms with Crippen molar-refractivity contribution < 1.29 is 23.4 Å². The number of fused-ring (bicyclic) bond motifs is 2. The van der Waals surface area contributed by atoms with Crippen molar-refractivity contribution in [2.45, 2.75) is 26.6 Å². The van der Waals surface area contributed by atoms with Gasteiger partial charge in [0.05, 0.1) is 16.5 Å². The van der Waals surface area contributed by atoms with Gasteiger partial charge in [0.25, 0.3) is 0 Å². The molecule has 2 heterocycles. The summed E-state index contributed by atoms with van der Waals surface area (Å²) in [6, 6.07) is 6.50. The van der Waals surface area contributed by atoms with E-state index in [0.717, 1.165) is 23.7 Å². The van der Waals surface area contributed by atoms with Gasteiger partial charge in [-0.25, -0.2) is 13.6 Å². The molecule has 1 aromatic heterocycles. The van der Waals surface area contributed by atoms with Crippen LogP contribution in [0.25, 0.3) is 22.0 Å². The van der Waals surface area contributed by atoms with Gasteiger partial charge in [0.1, 0.15) is 11.4 Å². The summed E-state index contributed by atoms with van der Waals surface area (Å²) < 4.78 is 35.2. The smallest absolute Gasteiger partial charge is 0.341 e. The van der Waals surface area contributed by atoms with Crippen molar-refractivity contribution in [2.75, 3.05) is 13.9 Å². The van der Waals surface area contributed by atoms with Crippen LogP contribution in [0.2, 0.25) is 0 Å². The summed E-state index contributed by atoms with van der Waals surface area (Å²) in [5, 5.41) is 9.16. The highest BCUT2D eigenvalue weighted by Gasteiger charge is 2.25. The first-order valence-electron chi connectivity index (χ1n) is 9.48.